The highest BCUT2D eigenvalue weighted by Gasteiger charge is 2.30. The summed E-state index contributed by atoms with van der Waals surface area (Å²) in [6, 6.07) is 20.6. The van der Waals surface area contributed by atoms with E-state index in [1.165, 1.54) is 12.1 Å². The Hall–Kier alpha value is -3.87. The number of unbranched alkanes of at least 4 members (excludes halogenated alkanes) is 1. The lowest BCUT2D eigenvalue weighted by molar-refractivity contribution is -0.141. The molecule has 0 aliphatic heterocycles. The van der Waals surface area contributed by atoms with Crippen LogP contribution in [0.2, 0.25) is 0 Å². The fraction of sp³-hybridized carbons (Fsp3) is 0.355. The first-order valence-electron chi connectivity index (χ1n) is 13.0. The second kappa shape index (κ2) is 14.8. The van der Waals surface area contributed by atoms with E-state index in [9.17, 15) is 14.0 Å². The SMILES string of the molecule is CCCCNC(=O)C(Cc1ccccc1)N(Cc1ccc(F)cc1)C(=O)CCc1ccc(OC)c(OC)c1. The molecular formula is C31H37FN2O4. The van der Waals surface area contributed by atoms with E-state index in [2.05, 4.69) is 12.2 Å². The Morgan fingerprint density at radius 2 is 1.58 bits per heavy atom. The van der Waals surface area contributed by atoms with E-state index in [1.807, 2.05) is 48.5 Å². The van der Waals surface area contributed by atoms with Gasteiger partial charge in [-0.2, -0.15) is 0 Å². The van der Waals surface area contributed by atoms with Crippen molar-refractivity contribution in [2.75, 3.05) is 20.8 Å². The van der Waals surface area contributed by atoms with Crippen LogP contribution in [0.3, 0.4) is 0 Å². The van der Waals surface area contributed by atoms with Crippen LogP contribution >= 0.6 is 0 Å². The van der Waals surface area contributed by atoms with Crippen LogP contribution in [0, 0.1) is 5.82 Å². The minimum absolute atomic E-state index is 0.157. The average Bonchev–Trinajstić information content (AvgIpc) is 2.95. The highest BCUT2D eigenvalue weighted by molar-refractivity contribution is 5.88. The lowest BCUT2D eigenvalue weighted by Crippen LogP contribution is -2.50. The zero-order valence-electron chi connectivity index (χ0n) is 22.4. The summed E-state index contributed by atoms with van der Waals surface area (Å²) < 4.78 is 24.3. The summed E-state index contributed by atoms with van der Waals surface area (Å²) in [5.41, 5.74) is 2.63. The largest absolute Gasteiger partial charge is 0.493 e. The van der Waals surface area contributed by atoms with Crippen LogP contribution in [0.5, 0.6) is 11.5 Å². The normalized spacial score (nSPS) is 11.5. The molecule has 6 nitrogen and oxygen atoms in total. The molecule has 0 heterocycles. The quantitative estimate of drug-likeness (QED) is 0.292. The molecule has 1 N–H and O–H groups in total. The fourth-order valence-corrected chi connectivity index (χ4v) is 4.28. The molecule has 1 atom stereocenters. The van der Waals surface area contributed by atoms with Gasteiger partial charge in [0.05, 0.1) is 14.2 Å². The van der Waals surface area contributed by atoms with Crippen LogP contribution in [0.4, 0.5) is 4.39 Å². The molecule has 0 radical (unpaired) electrons. The van der Waals surface area contributed by atoms with E-state index in [-0.39, 0.29) is 30.6 Å². The molecule has 0 aliphatic rings. The number of hydrogen-bond acceptors (Lipinski definition) is 4. The van der Waals surface area contributed by atoms with Crippen LogP contribution < -0.4 is 14.8 Å². The van der Waals surface area contributed by atoms with Crippen molar-refractivity contribution < 1.29 is 23.5 Å². The molecule has 0 aromatic heterocycles. The van der Waals surface area contributed by atoms with Crippen molar-refractivity contribution in [3.63, 3.8) is 0 Å². The monoisotopic (exact) mass is 520 g/mol. The van der Waals surface area contributed by atoms with Gasteiger partial charge in [-0.05, 0) is 53.8 Å². The van der Waals surface area contributed by atoms with Crippen LogP contribution in [-0.4, -0.2) is 43.5 Å². The molecular weight excluding hydrogens is 483 g/mol. The molecule has 38 heavy (non-hydrogen) atoms. The third-order valence-corrected chi connectivity index (χ3v) is 6.44. The maximum absolute atomic E-state index is 13.7. The van der Waals surface area contributed by atoms with Crippen molar-refractivity contribution >= 4 is 11.8 Å². The van der Waals surface area contributed by atoms with Crippen molar-refractivity contribution in [3.8, 4) is 11.5 Å². The predicted molar refractivity (Wildman–Crippen MR) is 147 cm³/mol. The zero-order chi connectivity index (χ0) is 27.3. The number of nitrogens with one attached hydrogen (secondary N) is 1. The van der Waals surface area contributed by atoms with Crippen molar-refractivity contribution in [2.45, 2.75) is 51.6 Å². The third-order valence-electron chi connectivity index (χ3n) is 6.44. The first kappa shape index (κ1) is 28.7. The number of hydrogen-bond donors (Lipinski definition) is 1. The van der Waals surface area contributed by atoms with E-state index in [4.69, 9.17) is 9.47 Å². The number of carbonyl (C=O) groups excluding carboxylic acids is 2. The Morgan fingerprint density at radius 3 is 2.24 bits per heavy atom. The zero-order valence-corrected chi connectivity index (χ0v) is 22.4. The molecule has 0 bridgehead atoms. The summed E-state index contributed by atoms with van der Waals surface area (Å²) in [5, 5.41) is 3.01. The predicted octanol–water partition coefficient (Wildman–Crippen LogP) is 5.33. The molecule has 3 aromatic carbocycles. The van der Waals surface area contributed by atoms with Crippen LogP contribution in [0.25, 0.3) is 0 Å². The van der Waals surface area contributed by atoms with E-state index < -0.39 is 6.04 Å². The lowest BCUT2D eigenvalue weighted by Gasteiger charge is -2.31. The molecule has 1 unspecified atom stereocenters. The summed E-state index contributed by atoms with van der Waals surface area (Å²) in [6.45, 7) is 2.81. The Morgan fingerprint density at radius 1 is 0.895 bits per heavy atom. The van der Waals surface area contributed by atoms with Gasteiger partial charge in [0, 0.05) is 25.9 Å². The van der Waals surface area contributed by atoms with Gasteiger partial charge >= 0.3 is 0 Å². The number of carbonyl (C=O) groups is 2. The van der Waals surface area contributed by atoms with E-state index in [0.717, 1.165) is 29.5 Å². The van der Waals surface area contributed by atoms with E-state index in [0.29, 0.717) is 30.9 Å². The first-order valence-corrected chi connectivity index (χ1v) is 13.0. The Kier molecular flexibility index (Phi) is 11.1. The lowest BCUT2D eigenvalue weighted by atomic mass is 10.0. The van der Waals surface area contributed by atoms with Crippen LogP contribution in [0.1, 0.15) is 42.9 Å². The molecule has 0 aliphatic carbocycles. The molecule has 2 amide bonds. The van der Waals surface area contributed by atoms with Crippen molar-refractivity contribution in [1.82, 2.24) is 10.2 Å². The maximum Gasteiger partial charge on any atom is 0.243 e. The smallest absolute Gasteiger partial charge is 0.243 e. The number of amides is 2. The summed E-state index contributed by atoms with van der Waals surface area (Å²) in [6.07, 6.45) is 2.85. The Bertz CT molecular complexity index is 1170. The molecule has 3 aromatic rings. The topological polar surface area (TPSA) is 67.9 Å². The molecule has 0 saturated carbocycles. The molecule has 3 rings (SSSR count). The number of benzene rings is 3. The second-order valence-electron chi connectivity index (χ2n) is 9.19. The van der Waals surface area contributed by atoms with E-state index in [1.54, 1.807) is 31.3 Å². The minimum Gasteiger partial charge on any atom is -0.493 e. The van der Waals surface area contributed by atoms with Gasteiger partial charge in [0.2, 0.25) is 11.8 Å². The summed E-state index contributed by atoms with van der Waals surface area (Å²) in [7, 11) is 3.15. The second-order valence-corrected chi connectivity index (χ2v) is 9.19. The average molecular weight is 521 g/mol. The Labute approximate surface area is 224 Å². The Balaban J connectivity index is 1.88. The number of rotatable bonds is 14. The fourth-order valence-electron chi connectivity index (χ4n) is 4.28. The standard InChI is InChI=1S/C31H37FN2O4/c1-4-5-19-33-31(36)27(20-23-9-7-6-8-10-23)34(22-25-11-15-26(32)16-12-25)30(35)18-14-24-13-17-28(37-2)29(21-24)38-3/h6-13,15-17,21,27H,4-5,14,18-20,22H2,1-3H3,(H,33,36). The number of aryl methyl sites for hydroxylation is 1. The highest BCUT2D eigenvalue weighted by atomic mass is 19.1. The molecule has 0 saturated heterocycles. The molecule has 7 heteroatoms. The summed E-state index contributed by atoms with van der Waals surface area (Å²) >= 11 is 0. The van der Waals surface area contributed by atoms with Gasteiger partial charge in [-0.15, -0.1) is 0 Å². The first-order chi connectivity index (χ1) is 18.4. The number of nitrogens with zero attached hydrogens (tertiary/aromatic N) is 1. The maximum atomic E-state index is 13.7. The minimum atomic E-state index is -0.711. The van der Waals surface area contributed by atoms with Gasteiger partial charge in [-0.25, -0.2) is 4.39 Å². The molecule has 202 valence electrons. The van der Waals surface area contributed by atoms with Gasteiger partial charge in [0.25, 0.3) is 0 Å². The van der Waals surface area contributed by atoms with Gasteiger partial charge in [-0.3, -0.25) is 9.59 Å². The number of ether oxygens (including phenoxy) is 2. The van der Waals surface area contributed by atoms with Crippen LogP contribution in [-0.2, 0) is 29.0 Å². The third kappa shape index (κ3) is 8.33. The van der Waals surface area contributed by atoms with Gasteiger partial charge in [0.15, 0.2) is 11.5 Å². The van der Waals surface area contributed by atoms with Gasteiger partial charge < -0.3 is 19.7 Å². The van der Waals surface area contributed by atoms with Crippen molar-refractivity contribution in [1.29, 1.82) is 0 Å². The number of methoxy groups -OCH3 is 2. The summed E-state index contributed by atoms with van der Waals surface area (Å²) in [5.74, 6) is 0.517. The highest BCUT2D eigenvalue weighted by Crippen LogP contribution is 2.28. The summed E-state index contributed by atoms with van der Waals surface area (Å²) in [4.78, 5) is 28.8. The molecule has 0 fully saturated rings. The van der Waals surface area contributed by atoms with Crippen molar-refractivity contribution in [2.24, 2.45) is 0 Å². The van der Waals surface area contributed by atoms with Gasteiger partial charge in [0.1, 0.15) is 11.9 Å². The number of halogens is 1. The van der Waals surface area contributed by atoms with Crippen molar-refractivity contribution in [3.05, 3.63) is 95.3 Å². The van der Waals surface area contributed by atoms with Gasteiger partial charge in [-0.1, -0.05) is 61.9 Å². The van der Waals surface area contributed by atoms with E-state index >= 15 is 0 Å². The van der Waals surface area contributed by atoms with Crippen LogP contribution in [0.15, 0.2) is 72.8 Å². The molecule has 0 spiro atoms.